The summed E-state index contributed by atoms with van der Waals surface area (Å²) in [6.45, 7) is 12.3. The first-order valence-electron chi connectivity index (χ1n) is 14.9. The quantitative estimate of drug-likeness (QED) is 0.284. The monoisotopic (exact) mass is 577 g/mol. The molecule has 0 aliphatic heterocycles. The minimum absolute atomic E-state index is 0.0429. The third-order valence-electron chi connectivity index (χ3n) is 10.6. The van der Waals surface area contributed by atoms with Crippen molar-refractivity contribution in [3.8, 4) is 0 Å². The van der Waals surface area contributed by atoms with Crippen LogP contribution in [0.1, 0.15) is 93.4 Å². The number of amides is 1. The van der Waals surface area contributed by atoms with Crippen molar-refractivity contribution >= 4 is 23.8 Å². The van der Waals surface area contributed by atoms with E-state index in [9.17, 15) is 34.5 Å². The summed E-state index contributed by atoms with van der Waals surface area (Å²) >= 11 is 0. The molecule has 9 atom stereocenters. The predicted octanol–water partition coefficient (Wildman–Crippen LogP) is 3.20. The lowest BCUT2D eigenvalue weighted by Crippen LogP contribution is -2.64. The van der Waals surface area contributed by atoms with Gasteiger partial charge in [-0.25, -0.2) is 14.4 Å². The number of alkyl carbamates (subject to hydrolysis) is 1. The minimum Gasteiger partial charge on any atom is -0.444 e. The summed E-state index contributed by atoms with van der Waals surface area (Å²) in [5, 5.41) is 37.1. The highest BCUT2D eigenvalue weighted by Gasteiger charge is 2.69. The Balaban J connectivity index is 1.51. The molecule has 10 heteroatoms. The summed E-state index contributed by atoms with van der Waals surface area (Å²) in [5.41, 5.74) is -2.96. The molecule has 41 heavy (non-hydrogen) atoms. The van der Waals surface area contributed by atoms with Crippen LogP contribution in [0.25, 0.3) is 0 Å². The van der Waals surface area contributed by atoms with Crippen LogP contribution in [0.5, 0.6) is 0 Å². The van der Waals surface area contributed by atoms with Gasteiger partial charge < -0.3 is 30.1 Å². The number of ether oxygens (including phenoxy) is 2. The molecule has 230 valence electrons. The van der Waals surface area contributed by atoms with Crippen molar-refractivity contribution < 1.29 is 44.0 Å². The molecule has 10 nitrogen and oxygen atoms in total. The van der Waals surface area contributed by atoms with E-state index in [4.69, 9.17) is 9.47 Å². The van der Waals surface area contributed by atoms with Gasteiger partial charge in [-0.1, -0.05) is 33.3 Å². The molecule has 4 N–H and O–H groups in total. The summed E-state index contributed by atoms with van der Waals surface area (Å²) in [5.74, 6) is -2.81. The SMILES string of the molecule is CC(C)C(NC(=O)OC(C)(C)C)C(=O)OC(=O)C(O)[C@@]1(O)CC[C@H]2[C@@H]3CCC4=CC(=O)CC[C@]4(C)[C@H]3C(O)C[C@@]21C. The van der Waals surface area contributed by atoms with Crippen molar-refractivity contribution in [3.63, 3.8) is 0 Å². The Bertz CT molecular complexity index is 1130. The maximum absolute atomic E-state index is 13.1. The third-order valence-corrected chi connectivity index (χ3v) is 10.6. The van der Waals surface area contributed by atoms with Gasteiger partial charge in [-0.05, 0) is 94.5 Å². The number of hydrogen-bond donors (Lipinski definition) is 4. The molecule has 0 aromatic rings. The minimum atomic E-state index is -2.03. The Morgan fingerprint density at radius 3 is 2.34 bits per heavy atom. The zero-order chi connectivity index (χ0) is 30.7. The van der Waals surface area contributed by atoms with Gasteiger partial charge in [0.1, 0.15) is 17.2 Å². The number of allylic oxidation sites excluding steroid dienone is 1. The van der Waals surface area contributed by atoms with Gasteiger partial charge in [0.05, 0.1) is 6.10 Å². The van der Waals surface area contributed by atoms with E-state index in [1.54, 1.807) is 40.7 Å². The first-order valence-corrected chi connectivity index (χ1v) is 14.9. The Labute approximate surface area is 242 Å². The molecule has 0 saturated heterocycles. The van der Waals surface area contributed by atoms with Crippen LogP contribution in [0.15, 0.2) is 11.6 Å². The van der Waals surface area contributed by atoms with Gasteiger partial charge in [-0.2, -0.15) is 0 Å². The zero-order valence-electron chi connectivity index (χ0n) is 25.4. The number of carbonyl (C=O) groups is 4. The second kappa shape index (κ2) is 10.8. The number of aliphatic hydroxyl groups is 3. The van der Waals surface area contributed by atoms with Crippen molar-refractivity contribution in [1.29, 1.82) is 0 Å². The Morgan fingerprint density at radius 2 is 1.73 bits per heavy atom. The number of aliphatic hydroxyl groups excluding tert-OH is 2. The van der Waals surface area contributed by atoms with Crippen molar-refractivity contribution in [2.75, 3.05) is 0 Å². The van der Waals surface area contributed by atoms with Gasteiger partial charge in [0.15, 0.2) is 11.9 Å². The first kappa shape index (κ1) is 31.6. The highest BCUT2D eigenvalue weighted by Crippen LogP contribution is 2.68. The van der Waals surface area contributed by atoms with Gasteiger partial charge in [0.2, 0.25) is 0 Å². The molecule has 0 aromatic carbocycles. The Kier molecular flexibility index (Phi) is 8.30. The molecule has 0 heterocycles. The molecule has 3 fully saturated rings. The molecule has 4 aliphatic rings. The molecule has 4 rings (SSSR count). The number of ketones is 1. The van der Waals surface area contributed by atoms with Gasteiger partial charge in [-0.3, -0.25) is 4.79 Å². The van der Waals surface area contributed by atoms with Crippen molar-refractivity contribution in [1.82, 2.24) is 5.32 Å². The average Bonchev–Trinajstić information content (AvgIpc) is 3.11. The van der Waals surface area contributed by atoms with Gasteiger partial charge >= 0.3 is 18.0 Å². The molecule has 3 saturated carbocycles. The van der Waals surface area contributed by atoms with Gasteiger partial charge in [0.25, 0.3) is 0 Å². The van der Waals surface area contributed by atoms with E-state index in [-0.39, 0.29) is 41.8 Å². The lowest BCUT2D eigenvalue weighted by molar-refractivity contribution is -0.213. The van der Waals surface area contributed by atoms with Crippen molar-refractivity contribution in [2.45, 2.75) is 123 Å². The van der Waals surface area contributed by atoms with Crippen LogP contribution in [0.2, 0.25) is 0 Å². The van der Waals surface area contributed by atoms with Crippen LogP contribution in [0.3, 0.4) is 0 Å². The zero-order valence-corrected chi connectivity index (χ0v) is 25.4. The smallest absolute Gasteiger partial charge is 0.408 e. The summed E-state index contributed by atoms with van der Waals surface area (Å²) in [4.78, 5) is 50.5. The standard InChI is InChI=1S/C31H47NO9/c1-16(2)23(32-27(38)41-28(3,4)5)25(36)40-26(37)24(35)31(39)13-11-20-19-9-8-17-14-18(33)10-12-29(17,6)22(19)21(34)15-30(20,31)7/h14,16,19-24,34-35,39H,8-13,15H2,1-7H3,(H,32,38)/t19-,20-,21?,22+,23?,24?,29-,30-,31-/m0/s1. The van der Waals surface area contributed by atoms with Gasteiger partial charge in [0, 0.05) is 11.8 Å². The summed E-state index contributed by atoms with van der Waals surface area (Å²) < 4.78 is 10.3. The molecule has 0 aromatic heterocycles. The lowest BCUT2D eigenvalue weighted by Gasteiger charge is -2.61. The van der Waals surface area contributed by atoms with Crippen LogP contribution in [-0.2, 0) is 23.9 Å². The van der Waals surface area contributed by atoms with E-state index in [0.717, 1.165) is 18.4 Å². The number of rotatable bonds is 5. The fraction of sp³-hybridized carbons (Fsp3) is 0.806. The van der Waals surface area contributed by atoms with E-state index >= 15 is 0 Å². The summed E-state index contributed by atoms with van der Waals surface area (Å²) in [6, 6.07) is -1.22. The van der Waals surface area contributed by atoms with E-state index in [2.05, 4.69) is 12.2 Å². The van der Waals surface area contributed by atoms with Crippen LogP contribution < -0.4 is 5.32 Å². The number of nitrogens with one attached hydrogen (secondary N) is 1. The van der Waals surface area contributed by atoms with Crippen LogP contribution in [0, 0.1) is 34.5 Å². The van der Waals surface area contributed by atoms with Crippen molar-refractivity contribution in [3.05, 3.63) is 11.6 Å². The lowest BCUT2D eigenvalue weighted by atomic mass is 9.45. The fourth-order valence-electron chi connectivity index (χ4n) is 8.52. The number of carbonyl (C=O) groups excluding carboxylic acids is 4. The maximum Gasteiger partial charge on any atom is 0.408 e. The largest absolute Gasteiger partial charge is 0.444 e. The highest BCUT2D eigenvalue weighted by molar-refractivity contribution is 5.93. The number of esters is 2. The molecular weight excluding hydrogens is 530 g/mol. The van der Waals surface area contributed by atoms with E-state index in [1.165, 1.54) is 0 Å². The first-order chi connectivity index (χ1) is 18.8. The molecule has 3 unspecified atom stereocenters. The molecule has 1 amide bonds. The summed E-state index contributed by atoms with van der Waals surface area (Å²) in [6.07, 6.45) is 1.50. The van der Waals surface area contributed by atoms with Gasteiger partial charge in [-0.15, -0.1) is 0 Å². The van der Waals surface area contributed by atoms with E-state index in [1.807, 2.05) is 6.92 Å². The third kappa shape index (κ3) is 5.47. The normalized spacial score (nSPS) is 38.1. The number of hydrogen-bond acceptors (Lipinski definition) is 9. The average molecular weight is 578 g/mol. The highest BCUT2D eigenvalue weighted by atomic mass is 16.6. The Morgan fingerprint density at radius 1 is 1.07 bits per heavy atom. The molecular formula is C31H47NO9. The van der Waals surface area contributed by atoms with Crippen LogP contribution in [-0.4, -0.2) is 68.6 Å². The Hall–Kier alpha value is -2.30. The topological polar surface area (TPSA) is 159 Å². The van der Waals surface area contributed by atoms with E-state index in [0.29, 0.717) is 19.3 Å². The van der Waals surface area contributed by atoms with Crippen molar-refractivity contribution in [2.24, 2.45) is 34.5 Å². The fourth-order valence-corrected chi connectivity index (χ4v) is 8.52. The molecule has 0 radical (unpaired) electrons. The predicted molar refractivity (Wildman–Crippen MR) is 148 cm³/mol. The molecule has 0 spiro atoms. The maximum atomic E-state index is 13.1. The molecule has 0 bridgehead atoms. The second-order valence-corrected chi connectivity index (χ2v) is 14.6. The molecule has 4 aliphatic carbocycles. The van der Waals surface area contributed by atoms with E-state index < -0.39 is 58.8 Å². The summed E-state index contributed by atoms with van der Waals surface area (Å²) in [7, 11) is 0. The van der Waals surface area contributed by atoms with Crippen LogP contribution >= 0.6 is 0 Å². The second-order valence-electron chi connectivity index (χ2n) is 14.6. The van der Waals surface area contributed by atoms with Crippen LogP contribution in [0.4, 0.5) is 4.79 Å². The number of fused-ring (bicyclic) bond motifs is 5.